The molecule has 1 aromatic heterocycles. The average molecular weight is 428 g/mol. The van der Waals surface area contributed by atoms with E-state index in [-0.39, 0.29) is 24.4 Å². The van der Waals surface area contributed by atoms with Gasteiger partial charge < -0.3 is 14.7 Å². The summed E-state index contributed by atoms with van der Waals surface area (Å²) in [7, 11) is 0. The molecule has 0 bridgehead atoms. The van der Waals surface area contributed by atoms with Crippen LogP contribution in [0.4, 0.5) is 5.82 Å². The number of anilines is 1. The van der Waals surface area contributed by atoms with Crippen LogP contribution in [-0.4, -0.2) is 70.6 Å². The number of rotatable bonds is 5. The summed E-state index contributed by atoms with van der Waals surface area (Å²) in [5.74, 6) is 0.804. The summed E-state index contributed by atoms with van der Waals surface area (Å²) in [5, 5.41) is 9.40. The second-order valence-electron chi connectivity index (χ2n) is 7.86. The Kier molecular flexibility index (Phi) is 6.18. The Morgan fingerprint density at radius 1 is 1.07 bits per heavy atom. The van der Waals surface area contributed by atoms with Crippen LogP contribution in [0.2, 0.25) is 5.02 Å². The van der Waals surface area contributed by atoms with Gasteiger partial charge >= 0.3 is 0 Å². The molecule has 1 aliphatic carbocycles. The van der Waals surface area contributed by atoms with Gasteiger partial charge in [0.25, 0.3) is 0 Å². The summed E-state index contributed by atoms with van der Waals surface area (Å²) in [6.45, 7) is 4.53. The van der Waals surface area contributed by atoms with Crippen molar-refractivity contribution in [3.8, 4) is 11.3 Å². The van der Waals surface area contributed by atoms with Crippen molar-refractivity contribution >= 4 is 29.2 Å². The lowest BCUT2D eigenvalue weighted by atomic mass is 10.1. The predicted octanol–water partition coefficient (Wildman–Crippen LogP) is 2.85. The number of aromatic nitrogens is 2. The van der Waals surface area contributed by atoms with Crippen molar-refractivity contribution in [3.05, 3.63) is 41.4 Å². The van der Waals surface area contributed by atoms with Crippen LogP contribution in [0.15, 0.2) is 36.4 Å². The van der Waals surface area contributed by atoms with Crippen molar-refractivity contribution in [2.45, 2.75) is 32.2 Å². The summed E-state index contributed by atoms with van der Waals surface area (Å²) in [5.41, 5.74) is 1.59. The first kappa shape index (κ1) is 20.6. The minimum Gasteiger partial charge on any atom is -0.353 e. The van der Waals surface area contributed by atoms with Gasteiger partial charge in [-0.25, -0.2) is 0 Å². The quantitative estimate of drug-likeness (QED) is 0.733. The van der Waals surface area contributed by atoms with Crippen molar-refractivity contribution in [2.75, 3.05) is 37.6 Å². The monoisotopic (exact) mass is 427 g/mol. The molecule has 7 nitrogen and oxygen atoms in total. The fourth-order valence-corrected chi connectivity index (χ4v) is 4.06. The minimum absolute atomic E-state index is 0.0174. The molecule has 2 aliphatic rings. The summed E-state index contributed by atoms with van der Waals surface area (Å²) in [4.78, 5) is 30.3. The molecule has 0 N–H and O–H groups in total. The van der Waals surface area contributed by atoms with Crippen molar-refractivity contribution in [1.82, 2.24) is 20.0 Å². The zero-order chi connectivity index (χ0) is 21.1. The molecule has 2 fully saturated rings. The highest BCUT2D eigenvalue weighted by Gasteiger charge is 2.33. The van der Waals surface area contributed by atoms with Gasteiger partial charge in [0, 0.05) is 44.7 Å². The molecule has 8 heteroatoms. The topological polar surface area (TPSA) is 69.6 Å². The third kappa shape index (κ3) is 4.73. The third-order valence-electron chi connectivity index (χ3n) is 5.67. The number of hydrogen-bond acceptors (Lipinski definition) is 5. The molecular weight excluding hydrogens is 402 g/mol. The third-order valence-corrected chi connectivity index (χ3v) is 6.00. The molecule has 2 amide bonds. The fraction of sp³-hybridized carbons (Fsp3) is 0.455. The van der Waals surface area contributed by atoms with Crippen LogP contribution in [0.25, 0.3) is 11.3 Å². The standard InChI is InChI=1S/C22H26ClN5O2/c1-16(29)28(17-7-8-17)15-22(30)27-12-4-11-26(13-14-27)21-10-9-20(24-25-21)18-5-2-3-6-19(18)23/h2-3,5-6,9-10,17H,4,7-8,11-15H2,1H3. The molecule has 1 aromatic carbocycles. The van der Waals surface area contributed by atoms with Crippen LogP contribution in [0.5, 0.6) is 0 Å². The number of benzene rings is 1. The zero-order valence-electron chi connectivity index (χ0n) is 17.1. The van der Waals surface area contributed by atoms with Crippen molar-refractivity contribution in [2.24, 2.45) is 0 Å². The largest absolute Gasteiger partial charge is 0.353 e. The highest BCUT2D eigenvalue weighted by molar-refractivity contribution is 6.33. The smallest absolute Gasteiger partial charge is 0.242 e. The van der Waals surface area contributed by atoms with Crippen LogP contribution >= 0.6 is 11.6 Å². The van der Waals surface area contributed by atoms with Crippen molar-refractivity contribution < 1.29 is 9.59 Å². The Hall–Kier alpha value is -2.67. The summed E-state index contributed by atoms with van der Waals surface area (Å²) >= 11 is 6.25. The highest BCUT2D eigenvalue weighted by atomic mass is 35.5. The average Bonchev–Trinajstić information content (AvgIpc) is 3.59. The molecule has 0 unspecified atom stereocenters. The molecular formula is C22H26ClN5O2. The maximum Gasteiger partial charge on any atom is 0.242 e. The lowest BCUT2D eigenvalue weighted by molar-refractivity contribution is -0.139. The lowest BCUT2D eigenvalue weighted by Crippen LogP contribution is -2.44. The maximum atomic E-state index is 12.7. The van der Waals surface area contributed by atoms with Gasteiger partial charge in [-0.2, -0.15) is 0 Å². The van der Waals surface area contributed by atoms with E-state index in [1.54, 1.807) is 11.8 Å². The Labute approximate surface area is 181 Å². The van der Waals surface area contributed by atoms with E-state index in [0.717, 1.165) is 42.9 Å². The van der Waals surface area contributed by atoms with Crippen molar-refractivity contribution in [3.63, 3.8) is 0 Å². The second kappa shape index (κ2) is 9.00. The highest BCUT2D eigenvalue weighted by Crippen LogP contribution is 2.27. The van der Waals surface area contributed by atoms with E-state index in [0.29, 0.717) is 24.7 Å². The number of halogens is 1. The van der Waals surface area contributed by atoms with E-state index in [9.17, 15) is 9.59 Å². The van der Waals surface area contributed by atoms with E-state index < -0.39 is 0 Å². The normalized spacial score (nSPS) is 16.9. The predicted molar refractivity (Wildman–Crippen MR) is 116 cm³/mol. The van der Waals surface area contributed by atoms with E-state index in [1.165, 1.54) is 0 Å². The van der Waals surface area contributed by atoms with Crippen LogP contribution < -0.4 is 4.90 Å². The maximum absolute atomic E-state index is 12.7. The lowest BCUT2D eigenvalue weighted by Gasteiger charge is -2.26. The molecule has 158 valence electrons. The SMILES string of the molecule is CC(=O)N(CC(=O)N1CCCN(c2ccc(-c3ccccc3Cl)nn2)CC1)C1CC1. The number of nitrogens with zero attached hydrogens (tertiary/aromatic N) is 5. The van der Waals surface area contributed by atoms with Gasteiger partial charge in [-0.3, -0.25) is 9.59 Å². The fourth-order valence-electron chi connectivity index (χ4n) is 3.83. The number of carbonyl (C=O) groups excluding carboxylic acids is 2. The number of carbonyl (C=O) groups is 2. The first-order valence-electron chi connectivity index (χ1n) is 10.4. The van der Waals surface area contributed by atoms with Crippen molar-refractivity contribution in [1.29, 1.82) is 0 Å². The van der Waals surface area contributed by atoms with Gasteiger partial charge in [-0.15, -0.1) is 10.2 Å². The second-order valence-corrected chi connectivity index (χ2v) is 8.26. The zero-order valence-corrected chi connectivity index (χ0v) is 17.9. The molecule has 0 radical (unpaired) electrons. The van der Waals surface area contributed by atoms with Crippen LogP contribution in [-0.2, 0) is 9.59 Å². The molecule has 1 saturated heterocycles. The van der Waals surface area contributed by atoms with Crippen LogP contribution in [0.1, 0.15) is 26.2 Å². The van der Waals surface area contributed by atoms with Gasteiger partial charge in [-0.05, 0) is 37.5 Å². The number of amides is 2. The van der Waals surface area contributed by atoms with E-state index in [2.05, 4.69) is 15.1 Å². The first-order valence-corrected chi connectivity index (χ1v) is 10.8. The van der Waals surface area contributed by atoms with Gasteiger partial charge in [-0.1, -0.05) is 29.8 Å². The van der Waals surface area contributed by atoms with Crippen LogP contribution in [0.3, 0.4) is 0 Å². The molecule has 2 heterocycles. The molecule has 1 saturated carbocycles. The molecule has 0 spiro atoms. The molecule has 2 aromatic rings. The summed E-state index contributed by atoms with van der Waals surface area (Å²) in [6.07, 6.45) is 2.86. The molecule has 1 aliphatic heterocycles. The molecule has 4 rings (SSSR count). The summed E-state index contributed by atoms with van der Waals surface area (Å²) in [6, 6.07) is 11.7. The minimum atomic E-state index is -0.0174. The Morgan fingerprint density at radius 2 is 1.87 bits per heavy atom. The Morgan fingerprint density at radius 3 is 2.53 bits per heavy atom. The Bertz CT molecular complexity index is 916. The van der Waals surface area contributed by atoms with Gasteiger partial charge in [0.2, 0.25) is 11.8 Å². The van der Waals surface area contributed by atoms with Gasteiger partial charge in [0.1, 0.15) is 0 Å². The van der Waals surface area contributed by atoms with Gasteiger partial charge in [0.05, 0.1) is 17.3 Å². The molecule has 30 heavy (non-hydrogen) atoms. The Balaban J connectivity index is 1.37. The van der Waals surface area contributed by atoms with E-state index >= 15 is 0 Å². The van der Waals surface area contributed by atoms with E-state index in [4.69, 9.17) is 11.6 Å². The van der Waals surface area contributed by atoms with E-state index in [1.807, 2.05) is 41.3 Å². The summed E-state index contributed by atoms with van der Waals surface area (Å²) < 4.78 is 0. The van der Waals surface area contributed by atoms with Crippen LogP contribution in [0, 0.1) is 0 Å². The molecule has 0 atom stereocenters. The van der Waals surface area contributed by atoms with Gasteiger partial charge in [0.15, 0.2) is 5.82 Å². The first-order chi connectivity index (χ1) is 14.5. The number of hydrogen-bond donors (Lipinski definition) is 0.